The van der Waals surface area contributed by atoms with Gasteiger partial charge < -0.3 is 0 Å². The third kappa shape index (κ3) is 5.72. The minimum Gasteiger partial charge on any atom is -0.245 e. The van der Waals surface area contributed by atoms with Gasteiger partial charge >= 0.3 is 0 Å². The number of halogens is 4. The molecular weight excluding hydrogens is 442 g/mol. The predicted octanol–water partition coefficient (Wildman–Crippen LogP) is 3.23. The van der Waals surface area contributed by atoms with Crippen molar-refractivity contribution in [2.75, 3.05) is 0 Å². The molecule has 0 fully saturated rings. The molecule has 0 saturated carbocycles. The van der Waals surface area contributed by atoms with Crippen LogP contribution in [0.15, 0.2) is 58.8 Å². The summed E-state index contributed by atoms with van der Waals surface area (Å²) in [5, 5.41) is -0.222. The third-order valence-corrected chi connectivity index (χ3v) is 7.73. The first kappa shape index (κ1) is 21.4. The molecule has 2 aromatic heterocycles. The van der Waals surface area contributed by atoms with E-state index in [4.69, 9.17) is 46.4 Å². The van der Waals surface area contributed by atoms with Crippen LogP contribution in [0.5, 0.6) is 0 Å². The van der Waals surface area contributed by atoms with Crippen LogP contribution in [0.2, 0.25) is 0 Å². The van der Waals surface area contributed by atoms with Crippen molar-refractivity contribution in [3.63, 3.8) is 0 Å². The molecular formula is C12H10Cl4N2O4S2. The SMILES string of the molecule is O=S(=O)(c1ccccn1)C(Cl)Cl.O=S(=O)(c1ccccn1)C(Cl)Cl. The van der Waals surface area contributed by atoms with E-state index >= 15 is 0 Å². The van der Waals surface area contributed by atoms with Crippen LogP contribution in [0, 0.1) is 0 Å². The standard InChI is InChI=1S/2C6H5Cl2NO2S/c2*7-6(8)12(10,11)5-3-1-2-4-9-5/h2*1-4,6H. The summed E-state index contributed by atoms with van der Waals surface area (Å²) in [6.45, 7) is 0. The van der Waals surface area contributed by atoms with E-state index < -0.39 is 28.0 Å². The predicted molar refractivity (Wildman–Crippen MR) is 93.8 cm³/mol. The molecule has 0 atom stereocenters. The van der Waals surface area contributed by atoms with E-state index in [1.807, 2.05) is 0 Å². The Labute approximate surface area is 159 Å². The number of hydrogen-bond acceptors (Lipinski definition) is 6. The number of aromatic nitrogens is 2. The lowest BCUT2D eigenvalue weighted by Crippen LogP contribution is -2.10. The van der Waals surface area contributed by atoms with Crippen molar-refractivity contribution >= 4 is 66.1 Å². The Bertz CT molecular complexity index is 772. The first-order valence-electron chi connectivity index (χ1n) is 5.96. The molecule has 0 bridgehead atoms. The van der Waals surface area contributed by atoms with Crippen LogP contribution < -0.4 is 0 Å². The molecule has 0 aliphatic carbocycles. The zero-order chi connectivity index (χ0) is 18.4. The van der Waals surface area contributed by atoms with Crippen molar-refractivity contribution in [2.24, 2.45) is 0 Å². The van der Waals surface area contributed by atoms with Gasteiger partial charge in [-0.25, -0.2) is 26.8 Å². The second-order valence-electron chi connectivity index (χ2n) is 3.95. The Morgan fingerprint density at radius 1 is 0.667 bits per heavy atom. The topological polar surface area (TPSA) is 94.1 Å². The Hall–Kier alpha value is -0.640. The van der Waals surface area contributed by atoms with E-state index in [1.54, 1.807) is 24.3 Å². The molecule has 12 heteroatoms. The van der Waals surface area contributed by atoms with Gasteiger partial charge in [-0.05, 0) is 24.3 Å². The lowest BCUT2D eigenvalue weighted by Gasteiger charge is -2.01. The average Bonchev–Trinajstić information content (AvgIpc) is 2.56. The van der Waals surface area contributed by atoms with Gasteiger partial charge in [-0.2, -0.15) is 0 Å². The summed E-state index contributed by atoms with van der Waals surface area (Å²) in [4.78, 5) is 7.23. The molecule has 0 aliphatic rings. The molecule has 0 saturated heterocycles. The Morgan fingerprint density at radius 2 is 1.00 bits per heavy atom. The molecule has 0 radical (unpaired) electrons. The van der Waals surface area contributed by atoms with E-state index in [0.717, 1.165) is 0 Å². The summed E-state index contributed by atoms with van der Waals surface area (Å²) in [6.07, 6.45) is 2.73. The molecule has 0 unspecified atom stereocenters. The molecule has 0 aliphatic heterocycles. The van der Waals surface area contributed by atoms with Gasteiger partial charge in [0.2, 0.25) is 28.0 Å². The molecule has 24 heavy (non-hydrogen) atoms. The van der Waals surface area contributed by atoms with Crippen molar-refractivity contribution in [1.82, 2.24) is 9.97 Å². The summed E-state index contributed by atoms with van der Waals surface area (Å²) >= 11 is 21.0. The first-order chi connectivity index (χ1) is 11.1. The van der Waals surface area contributed by atoms with Gasteiger partial charge in [-0.3, -0.25) is 0 Å². The highest BCUT2D eigenvalue weighted by Crippen LogP contribution is 2.19. The minimum atomic E-state index is -3.66. The Balaban J connectivity index is 0.000000240. The van der Waals surface area contributed by atoms with E-state index in [-0.39, 0.29) is 10.1 Å². The summed E-state index contributed by atoms with van der Waals surface area (Å²) in [5.74, 6) is 0. The van der Waals surface area contributed by atoms with Gasteiger partial charge in [-0.1, -0.05) is 58.5 Å². The van der Waals surface area contributed by atoms with Gasteiger partial charge in [0.25, 0.3) is 0 Å². The number of nitrogens with zero attached hydrogens (tertiary/aromatic N) is 2. The molecule has 0 spiro atoms. The van der Waals surface area contributed by atoms with Gasteiger partial charge in [0.05, 0.1) is 0 Å². The molecule has 2 heterocycles. The van der Waals surface area contributed by atoms with Crippen molar-refractivity contribution in [3.8, 4) is 0 Å². The highest BCUT2D eigenvalue weighted by atomic mass is 35.5. The fourth-order valence-corrected chi connectivity index (χ4v) is 3.63. The maximum absolute atomic E-state index is 11.2. The van der Waals surface area contributed by atoms with E-state index in [2.05, 4.69) is 9.97 Å². The van der Waals surface area contributed by atoms with Crippen molar-refractivity contribution in [2.45, 2.75) is 18.4 Å². The summed E-state index contributed by atoms with van der Waals surface area (Å²) in [5.41, 5.74) is 0. The zero-order valence-electron chi connectivity index (χ0n) is 11.6. The lowest BCUT2D eigenvalue weighted by atomic mass is 10.5. The fourth-order valence-electron chi connectivity index (χ4n) is 1.21. The molecule has 0 aromatic carbocycles. The normalized spacial score (nSPS) is 11.9. The third-order valence-electron chi connectivity index (χ3n) is 2.33. The number of hydrogen-bond donors (Lipinski definition) is 0. The van der Waals surface area contributed by atoms with Gasteiger partial charge in [0.1, 0.15) is 0 Å². The zero-order valence-corrected chi connectivity index (χ0v) is 16.3. The summed E-state index contributed by atoms with van der Waals surface area (Å²) < 4.78 is 41.9. The van der Waals surface area contributed by atoms with Gasteiger partial charge in [0.15, 0.2) is 10.1 Å². The average molecular weight is 452 g/mol. The highest BCUT2D eigenvalue weighted by Gasteiger charge is 2.24. The lowest BCUT2D eigenvalue weighted by molar-refractivity contribution is 0.593. The first-order valence-corrected chi connectivity index (χ1v) is 10.8. The van der Waals surface area contributed by atoms with Gasteiger partial charge in [-0.15, -0.1) is 0 Å². The van der Waals surface area contributed by atoms with Crippen molar-refractivity contribution in [3.05, 3.63) is 48.8 Å². The van der Waals surface area contributed by atoms with Crippen LogP contribution >= 0.6 is 46.4 Å². The van der Waals surface area contributed by atoms with Crippen LogP contribution in [-0.4, -0.2) is 35.1 Å². The molecule has 6 nitrogen and oxygen atoms in total. The molecule has 2 aromatic rings. The molecule has 2 rings (SSSR count). The Morgan fingerprint density at radius 3 is 1.21 bits per heavy atom. The molecule has 132 valence electrons. The maximum atomic E-state index is 11.2. The van der Waals surface area contributed by atoms with Gasteiger partial charge in [0, 0.05) is 12.4 Å². The highest BCUT2D eigenvalue weighted by molar-refractivity contribution is 7.94. The number of sulfone groups is 2. The summed E-state index contributed by atoms with van der Waals surface area (Å²) in [7, 11) is -7.31. The van der Waals surface area contributed by atoms with E-state index in [1.165, 1.54) is 24.5 Å². The second-order valence-corrected chi connectivity index (χ2v) is 11.1. The number of alkyl halides is 4. The van der Waals surface area contributed by atoms with Crippen LogP contribution in [0.25, 0.3) is 0 Å². The molecule has 0 amide bonds. The van der Waals surface area contributed by atoms with Crippen molar-refractivity contribution in [1.29, 1.82) is 0 Å². The van der Waals surface area contributed by atoms with Crippen LogP contribution in [0.4, 0.5) is 0 Å². The fraction of sp³-hybridized carbons (Fsp3) is 0.167. The van der Waals surface area contributed by atoms with Crippen LogP contribution in [0.1, 0.15) is 0 Å². The molecule has 0 N–H and O–H groups in total. The Kier molecular flexibility index (Phi) is 8.17. The monoisotopic (exact) mass is 450 g/mol. The quantitative estimate of drug-likeness (QED) is 0.662. The minimum absolute atomic E-state index is 0.111. The summed E-state index contributed by atoms with van der Waals surface area (Å²) in [6, 6.07) is 9.00. The van der Waals surface area contributed by atoms with E-state index in [9.17, 15) is 16.8 Å². The smallest absolute Gasteiger partial charge is 0.226 e. The van der Waals surface area contributed by atoms with Crippen LogP contribution in [0.3, 0.4) is 0 Å². The number of rotatable bonds is 4. The van der Waals surface area contributed by atoms with Crippen LogP contribution in [-0.2, 0) is 19.7 Å². The second kappa shape index (κ2) is 9.17. The van der Waals surface area contributed by atoms with Crippen molar-refractivity contribution < 1.29 is 16.8 Å². The number of pyridine rings is 2. The largest absolute Gasteiger partial charge is 0.245 e. The maximum Gasteiger partial charge on any atom is 0.226 e. The van der Waals surface area contributed by atoms with E-state index in [0.29, 0.717) is 0 Å².